The van der Waals surface area contributed by atoms with Gasteiger partial charge in [0.2, 0.25) is 5.91 Å². The maximum absolute atomic E-state index is 12.6. The maximum Gasteiger partial charge on any atom is 0.236 e. The highest BCUT2D eigenvalue weighted by molar-refractivity contribution is 5.80. The Labute approximate surface area is 188 Å². The second-order valence-corrected chi connectivity index (χ2v) is 9.64. The number of piperazine rings is 1. The number of hydrogen-bond donors (Lipinski definition) is 1. The zero-order chi connectivity index (χ0) is 21.5. The summed E-state index contributed by atoms with van der Waals surface area (Å²) in [7, 11) is 1.89. The highest BCUT2D eigenvalue weighted by Crippen LogP contribution is 2.30. The molecule has 4 saturated heterocycles. The summed E-state index contributed by atoms with van der Waals surface area (Å²) in [6, 6.07) is 0. The van der Waals surface area contributed by atoms with Crippen LogP contribution in [-0.4, -0.2) is 123 Å². The fraction of sp³-hybridized carbons (Fsp3) is 0.913. The Kier molecular flexibility index (Phi) is 8.07. The Bertz CT molecular complexity index is 601. The van der Waals surface area contributed by atoms with Crippen molar-refractivity contribution in [2.45, 2.75) is 50.5 Å². The molecule has 0 bridgehead atoms. The number of rotatable bonds is 5. The van der Waals surface area contributed by atoms with Crippen LogP contribution in [0, 0.1) is 0 Å². The molecule has 31 heavy (non-hydrogen) atoms. The number of piperidine rings is 1. The van der Waals surface area contributed by atoms with E-state index in [2.05, 4.69) is 29.9 Å². The van der Waals surface area contributed by atoms with Gasteiger partial charge in [0.1, 0.15) is 0 Å². The minimum Gasteiger partial charge on any atom is -0.381 e. The smallest absolute Gasteiger partial charge is 0.236 e. The molecule has 0 radical (unpaired) electrons. The first kappa shape index (κ1) is 22.8. The molecule has 0 aromatic heterocycles. The summed E-state index contributed by atoms with van der Waals surface area (Å²) >= 11 is 0. The summed E-state index contributed by atoms with van der Waals surface area (Å²) in [5.41, 5.74) is 0.202. The summed E-state index contributed by atoms with van der Waals surface area (Å²) in [6.07, 6.45) is 8.41. The number of guanidine groups is 1. The first-order valence-corrected chi connectivity index (χ1v) is 12.5. The van der Waals surface area contributed by atoms with Gasteiger partial charge in [-0.1, -0.05) is 0 Å². The van der Waals surface area contributed by atoms with E-state index >= 15 is 0 Å². The van der Waals surface area contributed by atoms with Crippen molar-refractivity contribution in [3.8, 4) is 0 Å². The molecule has 0 unspecified atom stereocenters. The van der Waals surface area contributed by atoms with Crippen molar-refractivity contribution in [1.82, 2.24) is 24.9 Å². The lowest BCUT2D eigenvalue weighted by atomic mass is 9.88. The van der Waals surface area contributed by atoms with Crippen LogP contribution in [0.2, 0.25) is 0 Å². The Morgan fingerprint density at radius 3 is 2.16 bits per heavy atom. The highest BCUT2D eigenvalue weighted by Gasteiger charge is 2.40. The van der Waals surface area contributed by atoms with E-state index in [9.17, 15) is 4.79 Å². The molecule has 4 fully saturated rings. The lowest BCUT2D eigenvalue weighted by molar-refractivity contribution is -0.133. The fourth-order valence-electron chi connectivity index (χ4n) is 5.68. The molecule has 4 rings (SSSR count). The quantitative estimate of drug-likeness (QED) is 0.511. The van der Waals surface area contributed by atoms with Crippen LogP contribution in [0.15, 0.2) is 4.99 Å². The summed E-state index contributed by atoms with van der Waals surface area (Å²) in [4.78, 5) is 26.6. The lowest BCUT2D eigenvalue weighted by Gasteiger charge is -2.45. The molecule has 1 amide bonds. The molecule has 4 heterocycles. The molecular weight excluding hydrogens is 392 g/mol. The lowest BCUT2D eigenvalue weighted by Crippen LogP contribution is -2.60. The van der Waals surface area contributed by atoms with Crippen LogP contribution in [0.4, 0.5) is 0 Å². The number of carbonyl (C=O) groups is 1. The number of likely N-dealkylation sites (tertiary alicyclic amines) is 2. The van der Waals surface area contributed by atoms with Gasteiger partial charge in [-0.15, -0.1) is 0 Å². The van der Waals surface area contributed by atoms with Gasteiger partial charge >= 0.3 is 0 Å². The number of hydrogen-bond acceptors (Lipinski definition) is 5. The van der Waals surface area contributed by atoms with Crippen molar-refractivity contribution >= 4 is 11.9 Å². The maximum atomic E-state index is 12.6. The van der Waals surface area contributed by atoms with Gasteiger partial charge in [0.05, 0.1) is 6.54 Å². The monoisotopic (exact) mass is 434 g/mol. The molecule has 8 heteroatoms. The van der Waals surface area contributed by atoms with Gasteiger partial charge in [0.15, 0.2) is 5.96 Å². The van der Waals surface area contributed by atoms with E-state index in [1.54, 1.807) is 0 Å². The second kappa shape index (κ2) is 11.0. The summed E-state index contributed by atoms with van der Waals surface area (Å²) in [5, 5.41) is 3.72. The van der Waals surface area contributed by atoms with Gasteiger partial charge in [0, 0.05) is 71.6 Å². The van der Waals surface area contributed by atoms with E-state index in [-0.39, 0.29) is 5.54 Å². The van der Waals surface area contributed by atoms with Crippen LogP contribution in [0.3, 0.4) is 0 Å². The average molecular weight is 435 g/mol. The van der Waals surface area contributed by atoms with Crippen LogP contribution in [0.25, 0.3) is 0 Å². The third-order valence-electron chi connectivity index (χ3n) is 7.73. The summed E-state index contributed by atoms with van der Waals surface area (Å²) in [6.45, 7) is 11.2. The molecule has 4 aliphatic heterocycles. The van der Waals surface area contributed by atoms with Gasteiger partial charge in [0.25, 0.3) is 0 Å². The average Bonchev–Trinajstić information content (AvgIpc) is 3.37. The number of nitrogens with one attached hydrogen (secondary N) is 1. The molecule has 0 aromatic rings. The molecule has 0 aromatic carbocycles. The molecule has 0 atom stereocenters. The second-order valence-electron chi connectivity index (χ2n) is 9.64. The van der Waals surface area contributed by atoms with Gasteiger partial charge in [-0.2, -0.15) is 0 Å². The van der Waals surface area contributed by atoms with Crippen molar-refractivity contribution in [1.29, 1.82) is 0 Å². The third-order valence-corrected chi connectivity index (χ3v) is 7.73. The molecule has 176 valence electrons. The van der Waals surface area contributed by atoms with E-state index in [0.29, 0.717) is 12.5 Å². The molecule has 8 nitrogen and oxygen atoms in total. The van der Waals surface area contributed by atoms with Crippen molar-refractivity contribution in [2.24, 2.45) is 4.99 Å². The Balaban J connectivity index is 1.25. The van der Waals surface area contributed by atoms with Crippen molar-refractivity contribution in [3.63, 3.8) is 0 Å². The van der Waals surface area contributed by atoms with Crippen LogP contribution in [0.5, 0.6) is 0 Å². The topological polar surface area (TPSA) is 63.7 Å². The minimum absolute atomic E-state index is 0.202. The number of carbonyl (C=O) groups excluding carboxylic acids is 1. The summed E-state index contributed by atoms with van der Waals surface area (Å²) in [5.74, 6) is 1.31. The van der Waals surface area contributed by atoms with Gasteiger partial charge in [-0.25, -0.2) is 0 Å². The normalized spacial score (nSPS) is 26.3. The van der Waals surface area contributed by atoms with Crippen LogP contribution in [0.1, 0.15) is 44.9 Å². The van der Waals surface area contributed by atoms with Crippen LogP contribution < -0.4 is 5.32 Å². The first-order chi connectivity index (χ1) is 15.2. The Morgan fingerprint density at radius 2 is 1.52 bits per heavy atom. The van der Waals surface area contributed by atoms with Crippen molar-refractivity contribution in [2.75, 3.05) is 85.7 Å². The zero-order valence-electron chi connectivity index (χ0n) is 19.5. The van der Waals surface area contributed by atoms with Gasteiger partial charge in [-0.05, 0) is 58.0 Å². The Morgan fingerprint density at radius 1 is 0.871 bits per heavy atom. The SMILES string of the molecule is CN=C(NCC1(N2CCCC2)CCOCC1)N1CCN(CC(=O)N2CCCCC2)CC1. The van der Waals surface area contributed by atoms with E-state index in [4.69, 9.17) is 4.74 Å². The predicted molar refractivity (Wildman–Crippen MR) is 123 cm³/mol. The van der Waals surface area contributed by atoms with Crippen LogP contribution >= 0.6 is 0 Å². The molecule has 0 aliphatic carbocycles. The molecule has 0 saturated carbocycles. The van der Waals surface area contributed by atoms with E-state index in [1.165, 1.54) is 32.4 Å². The largest absolute Gasteiger partial charge is 0.381 e. The highest BCUT2D eigenvalue weighted by atomic mass is 16.5. The number of aliphatic imine (C=N–C) groups is 1. The number of ether oxygens (including phenoxy) is 1. The third kappa shape index (κ3) is 5.71. The predicted octanol–water partition coefficient (Wildman–Crippen LogP) is 0.837. The number of nitrogens with zero attached hydrogens (tertiary/aromatic N) is 5. The molecule has 1 N–H and O–H groups in total. The zero-order valence-corrected chi connectivity index (χ0v) is 19.5. The summed E-state index contributed by atoms with van der Waals surface area (Å²) < 4.78 is 5.69. The van der Waals surface area contributed by atoms with E-state index < -0.39 is 0 Å². The van der Waals surface area contributed by atoms with E-state index in [0.717, 1.165) is 90.7 Å². The van der Waals surface area contributed by atoms with Gasteiger partial charge in [-0.3, -0.25) is 19.6 Å². The fourth-order valence-corrected chi connectivity index (χ4v) is 5.68. The van der Waals surface area contributed by atoms with Gasteiger partial charge < -0.3 is 19.9 Å². The van der Waals surface area contributed by atoms with Crippen molar-refractivity contribution < 1.29 is 9.53 Å². The van der Waals surface area contributed by atoms with Crippen molar-refractivity contribution in [3.05, 3.63) is 0 Å². The first-order valence-electron chi connectivity index (χ1n) is 12.5. The number of amides is 1. The Hall–Kier alpha value is -1.38. The van der Waals surface area contributed by atoms with Crippen LogP contribution in [-0.2, 0) is 9.53 Å². The molecule has 0 spiro atoms. The molecular formula is C23H42N6O2. The standard InChI is InChI=1S/C23H42N6O2/c1-24-22(25-20-23(7-17-31-18-8-23)29-11-5-6-12-29)28-15-13-26(14-16-28)19-21(30)27-9-3-2-4-10-27/h2-20H2,1H3,(H,24,25). The minimum atomic E-state index is 0.202. The molecule has 4 aliphatic rings. The van der Waals surface area contributed by atoms with E-state index in [1.807, 2.05) is 7.05 Å².